The minimum atomic E-state index is -0.280. The number of halogens is 1. The molecule has 1 heterocycles. The highest BCUT2D eigenvalue weighted by atomic mass is 19.1. The van der Waals surface area contributed by atoms with E-state index in [0.717, 1.165) is 0 Å². The molecule has 0 amide bonds. The lowest BCUT2D eigenvalue weighted by Gasteiger charge is -1.92. The van der Waals surface area contributed by atoms with Gasteiger partial charge in [-0.05, 0) is 13.8 Å². The van der Waals surface area contributed by atoms with Gasteiger partial charge in [0.2, 0.25) is 5.95 Å². The largest absolute Gasteiger partial charge is 0.239 e. The molecule has 1 radical (unpaired) electrons. The van der Waals surface area contributed by atoms with Gasteiger partial charge in [0.1, 0.15) is 6.20 Å². The van der Waals surface area contributed by atoms with Crippen LogP contribution in [0.4, 0.5) is 4.39 Å². The number of rotatable bonds is 1. The lowest BCUT2D eigenvalue weighted by molar-refractivity contribution is 0.467. The van der Waals surface area contributed by atoms with Crippen LogP contribution in [0, 0.1) is 19.1 Å². The molecule has 1 aromatic rings. The van der Waals surface area contributed by atoms with Gasteiger partial charge in [-0.15, -0.1) is 0 Å². The maximum absolute atomic E-state index is 12.6. The summed E-state index contributed by atoms with van der Waals surface area (Å²) in [6, 6.07) is 0. The summed E-state index contributed by atoms with van der Waals surface area (Å²) in [7, 11) is 0. The summed E-state index contributed by atoms with van der Waals surface area (Å²) < 4.78 is 13.9. The Balaban J connectivity index is 3.04. The number of aryl methyl sites for hydroxylation is 2. The smallest absolute Gasteiger partial charge is 0.215 e. The molecule has 49 valence electrons. The van der Waals surface area contributed by atoms with Gasteiger partial charge in [0.15, 0.2) is 0 Å². The topological polar surface area (TPSA) is 17.8 Å². The van der Waals surface area contributed by atoms with Crippen molar-refractivity contribution in [3.8, 4) is 0 Å². The first kappa shape index (κ1) is 6.26. The third-order valence-corrected chi connectivity index (χ3v) is 1.17. The van der Waals surface area contributed by atoms with E-state index >= 15 is 0 Å². The van der Waals surface area contributed by atoms with Gasteiger partial charge in [0.05, 0.1) is 0 Å². The minimum absolute atomic E-state index is 0.280. The molecule has 1 rings (SSSR count). The van der Waals surface area contributed by atoms with Crippen molar-refractivity contribution in [2.75, 3.05) is 0 Å². The molecular weight excluding hydrogens is 119 g/mol. The van der Waals surface area contributed by atoms with Gasteiger partial charge in [-0.3, -0.25) is 0 Å². The van der Waals surface area contributed by atoms with Crippen molar-refractivity contribution in [3.05, 3.63) is 17.7 Å². The molecule has 0 N–H and O–H groups in total. The van der Waals surface area contributed by atoms with Crippen LogP contribution in [-0.4, -0.2) is 9.78 Å². The molecular formula is C6H8FN2. The molecule has 2 nitrogen and oxygen atoms in total. The highest BCUT2D eigenvalue weighted by Crippen LogP contribution is 2.01. The maximum atomic E-state index is 12.6. The molecule has 0 aliphatic rings. The summed E-state index contributed by atoms with van der Waals surface area (Å²) in [6.45, 7) is 4.05. The minimum Gasteiger partial charge on any atom is -0.239 e. The van der Waals surface area contributed by atoms with Crippen molar-refractivity contribution in [1.82, 2.24) is 9.78 Å². The summed E-state index contributed by atoms with van der Waals surface area (Å²) in [4.78, 5) is 0. The molecule has 0 aliphatic heterocycles. The average Bonchev–Trinajstić information content (AvgIpc) is 2.15. The summed E-state index contributed by atoms with van der Waals surface area (Å²) in [5.74, 6) is -0.280. The first-order valence-electron chi connectivity index (χ1n) is 2.86. The first-order chi connectivity index (χ1) is 4.25. The van der Waals surface area contributed by atoms with Gasteiger partial charge in [0, 0.05) is 12.1 Å². The Morgan fingerprint density at radius 1 is 1.78 bits per heavy atom. The quantitative estimate of drug-likeness (QED) is 0.553. The zero-order valence-electron chi connectivity index (χ0n) is 5.48. The Morgan fingerprint density at radius 3 is 2.67 bits per heavy atom. The van der Waals surface area contributed by atoms with Crippen LogP contribution in [0.2, 0.25) is 0 Å². The molecule has 0 aliphatic carbocycles. The van der Waals surface area contributed by atoms with E-state index in [1.165, 1.54) is 4.68 Å². The van der Waals surface area contributed by atoms with Crippen molar-refractivity contribution < 1.29 is 4.39 Å². The zero-order valence-corrected chi connectivity index (χ0v) is 5.48. The number of hydrogen-bond acceptors (Lipinski definition) is 1. The van der Waals surface area contributed by atoms with E-state index in [1.54, 1.807) is 6.92 Å². The van der Waals surface area contributed by atoms with Gasteiger partial charge in [0.25, 0.3) is 0 Å². The Bertz CT molecular complexity index is 205. The monoisotopic (exact) mass is 127 g/mol. The predicted octanol–water partition coefficient (Wildman–Crippen LogP) is 1.15. The Hall–Kier alpha value is -0.860. The van der Waals surface area contributed by atoms with E-state index in [-0.39, 0.29) is 5.95 Å². The molecule has 0 unspecified atom stereocenters. The molecule has 0 spiro atoms. The molecule has 0 saturated carbocycles. The highest BCUT2D eigenvalue weighted by Gasteiger charge is 2.02. The zero-order chi connectivity index (χ0) is 6.85. The maximum Gasteiger partial charge on any atom is 0.215 e. The Morgan fingerprint density at radius 2 is 2.44 bits per heavy atom. The van der Waals surface area contributed by atoms with E-state index < -0.39 is 0 Å². The third-order valence-electron chi connectivity index (χ3n) is 1.17. The SMILES string of the molecule is CCn1n[c]c(C)c1F. The number of hydrogen-bond donors (Lipinski definition) is 0. The normalized spacial score (nSPS) is 10.1. The molecule has 3 heteroatoms. The standard InChI is InChI=1S/C6H8FN2/c1-3-9-6(7)5(2)4-8-9/h3H2,1-2H3. The predicted molar refractivity (Wildman–Crippen MR) is 31.4 cm³/mol. The molecule has 0 bridgehead atoms. The van der Waals surface area contributed by atoms with Crippen molar-refractivity contribution in [3.63, 3.8) is 0 Å². The molecule has 9 heavy (non-hydrogen) atoms. The van der Waals surface area contributed by atoms with E-state index in [0.29, 0.717) is 12.1 Å². The fourth-order valence-corrected chi connectivity index (χ4v) is 0.628. The third kappa shape index (κ3) is 0.943. The van der Waals surface area contributed by atoms with Crippen molar-refractivity contribution in [2.45, 2.75) is 20.4 Å². The van der Waals surface area contributed by atoms with Crippen LogP contribution < -0.4 is 0 Å². The van der Waals surface area contributed by atoms with Gasteiger partial charge in [-0.1, -0.05) is 0 Å². The summed E-state index contributed by atoms with van der Waals surface area (Å²) in [6.07, 6.45) is 2.53. The lowest BCUT2D eigenvalue weighted by atomic mass is 10.4. The average molecular weight is 127 g/mol. The van der Waals surface area contributed by atoms with Crippen LogP contribution in [-0.2, 0) is 6.54 Å². The van der Waals surface area contributed by atoms with E-state index in [2.05, 4.69) is 11.3 Å². The summed E-state index contributed by atoms with van der Waals surface area (Å²) in [5, 5.41) is 3.65. The van der Waals surface area contributed by atoms with Gasteiger partial charge < -0.3 is 0 Å². The van der Waals surface area contributed by atoms with Crippen LogP contribution in [0.3, 0.4) is 0 Å². The van der Waals surface area contributed by atoms with Crippen molar-refractivity contribution in [2.24, 2.45) is 0 Å². The highest BCUT2D eigenvalue weighted by molar-refractivity contribution is 5.00. The summed E-state index contributed by atoms with van der Waals surface area (Å²) in [5.41, 5.74) is 0.483. The van der Waals surface area contributed by atoms with Crippen molar-refractivity contribution >= 4 is 0 Å². The van der Waals surface area contributed by atoms with Crippen LogP contribution in [0.5, 0.6) is 0 Å². The molecule has 0 atom stereocenters. The lowest BCUT2D eigenvalue weighted by Crippen LogP contribution is -1.99. The molecule has 1 aromatic heterocycles. The second-order valence-corrected chi connectivity index (χ2v) is 1.84. The van der Waals surface area contributed by atoms with Crippen LogP contribution >= 0.6 is 0 Å². The fourth-order valence-electron chi connectivity index (χ4n) is 0.628. The molecule has 0 aromatic carbocycles. The van der Waals surface area contributed by atoms with Crippen LogP contribution in [0.25, 0.3) is 0 Å². The van der Waals surface area contributed by atoms with E-state index in [4.69, 9.17) is 0 Å². The van der Waals surface area contributed by atoms with Gasteiger partial charge >= 0.3 is 0 Å². The first-order valence-corrected chi connectivity index (χ1v) is 2.86. The van der Waals surface area contributed by atoms with Crippen LogP contribution in [0.1, 0.15) is 12.5 Å². The molecule has 0 saturated heterocycles. The fraction of sp³-hybridized carbons (Fsp3) is 0.500. The van der Waals surface area contributed by atoms with E-state index in [9.17, 15) is 4.39 Å². The van der Waals surface area contributed by atoms with Crippen LogP contribution in [0.15, 0.2) is 0 Å². The Kier molecular flexibility index (Phi) is 1.51. The van der Waals surface area contributed by atoms with Crippen molar-refractivity contribution in [1.29, 1.82) is 0 Å². The van der Waals surface area contributed by atoms with E-state index in [1.807, 2.05) is 6.92 Å². The second-order valence-electron chi connectivity index (χ2n) is 1.84. The second kappa shape index (κ2) is 2.17. The number of nitrogens with zero attached hydrogens (tertiary/aromatic N) is 2. The number of aromatic nitrogens is 2. The Labute approximate surface area is 53.3 Å². The van der Waals surface area contributed by atoms with Gasteiger partial charge in [-0.25, -0.2) is 4.68 Å². The summed E-state index contributed by atoms with van der Waals surface area (Å²) >= 11 is 0. The molecule has 0 fully saturated rings. The van der Waals surface area contributed by atoms with Gasteiger partial charge in [-0.2, -0.15) is 9.49 Å².